The summed E-state index contributed by atoms with van der Waals surface area (Å²) in [6.07, 6.45) is 2.70. The van der Waals surface area contributed by atoms with Gasteiger partial charge in [0.1, 0.15) is 23.2 Å². The fraction of sp³-hybridized carbons (Fsp3) is 0.467. The molecule has 0 aliphatic carbocycles. The zero-order chi connectivity index (χ0) is 31.5. The van der Waals surface area contributed by atoms with Crippen molar-refractivity contribution in [1.82, 2.24) is 29.7 Å². The van der Waals surface area contributed by atoms with Crippen LogP contribution in [-0.2, 0) is 9.59 Å². The van der Waals surface area contributed by atoms with Gasteiger partial charge in [0, 0.05) is 71.1 Å². The van der Waals surface area contributed by atoms with Crippen LogP contribution in [0.25, 0.3) is 0 Å². The molecule has 0 saturated carbocycles. The van der Waals surface area contributed by atoms with Crippen LogP contribution in [0, 0.1) is 13.8 Å². The number of nitrogens with zero attached hydrogens (tertiary/aromatic N) is 7. The van der Waals surface area contributed by atoms with Gasteiger partial charge < -0.3 is 29.7 Å². The number of hydrogen-bond acceptors (Lipinski definition) is 11. The first-order chi connectivity index (χ1) is 21.0. The molecule has 1 unspecified atom stereocenters. The molecule has 0 spiro atoms. The molecule has 2 saturated heterocycles. The van der Waals surface area contributed by atoms with Crippen LogP contribution in [0.4, 0.5) is 16.8 Å². The molecule has 3 amide bonds. The van der Waals surface area contributed by atoms with Gasteiger partial charge in [0.05, 0.1) is 29.1 Å². The fourth-order valence-corrected chi connectivity index (χ4v) is 7.33. The maximum atomic E-state index is 13.5. The van der Waals surface area contributed by atoms with E-state index in [0.717, 1.165) is 40.0 Å². The molecule has 2 fully saturated rings. The molecule has 2 aliphatic heterocycles. The molecule has 1 atom stereocenters. The smallest absolute Gasteiger partial charge is 0.257 e. The summed E-state index contributed by atoms with van der Waals surface area (Å²) in [4.78, 5) is 59.2. The molecular formula is C30H38N8O4S2. The maximum Gasteiger partial charge on any atom is 0.257 e. The van der Waals surface area contributed by atoms with Crippen molar-refractivity contribution in [2.24, 2.45) is 0 Å². The van der Waals surface area contributed by atoms with Gasteiger partial charge in [-0.15, -0.1) is 0 Å². The first-order valence-electron chi connectivity index (χ1n) is 14.5. The Kier molecular flexibility index (Phi) is 9.59. The van der Waals surface area contributed by atoms with Crippen molar-refractivity contribution in [3.8, 4) is 5.75 Å². The van der Waals surface area contributed by atoms with E-state index in [9.17, 15) is 14.4 Å². The average Bonchev–Trinajstić information content (AvgIpc) is 3.67. The highest BCUT2D eigenvalue weighted by molar-refractivity contribution is 8.01. The number of carbonyl (C=O) groups excluding carboxylic acids is 3. The van der Waals surface area contributed by atoms with Gasteiger partial charge in [0.2, 0.25) is 11.8 Å². The summed E-state index contributed by atoms with van der Waals surface area (Å²) in [5.74, 6) is 2.63. The highest BCUT2D eigenvalue weighted by Gasteiger charge is 2.29. The molecule has 12 nitrogen and oxygen atoms in total. The normalized spacial score (nSPS) is 16.7. The Bertz CT molecular complexity index is 1560. The van der Waals surface area contributed by atoms with E-state index in [1.807, 2.05) is 39.1 Å². The van der Waals surface area contributed by atoms with E-state index >= 15 is 0 Å². The van der Waals surface area contributed by atoms with Crippen LogP contribution in [0.15, 0.2) is 33.5 Å². The van der Waals surface area contributed by atoms with Crippen LogP contribution >= 0.6 is 23.1 Å². The lowest BCUT2D eigenvalue weighted by Gasteiger charge is -2.34. The molecule has 0 bridgehead atoms. The molecule has 14 heteroatoms. The maximum absolute atomic E-state index is 13.5. The minimum atomic E-state index is -0.106. The third-order valence-electron chi connectivity index (χ3n) is 8.03. The second-order valence-corrected chi connectivity index (χ2v) is 13.4. The number of thiazole rings is 1. The van der Waals surface area contributed by atoms with E-state index in [1.54, 1.807) is 53.6 Å². The van der Waals surface area contributed by atoms with E-state index in [-0.39, 0.29) is 23.8 Å². The van der Waals surface area contributed by atoms with E-state index in [4.69, 9.17) is 4.74 Å². The van der Waals surface area contributed by atoms with Crippen molar-refractivity contribution in [1.29, 1.82) is 0 Å². The Labute approximate surface area is 265 Å². The molecule has 2 aliphatic rings. The fourth-order valence-electron chi connectivity index (χ4n) is 5.39. The lowest BCUT2D eigenvalue weighted by molar-refractivity contribution is -0.130. The van der Waals surface area contributed by atoms with E-state index in [0.29, 0.717) is 54.3 Å². The summed E-state index contributed by atoms with van der Waals surface area (Å²) in [5.41, 5.74) is 1.49. The number of likely N-dealkylation sites (N-methyl/N-ethyl adjacent to an activating group) is 1. The summed E-state index contributed by atoms with van der Waals surface area (Å²) in [6.45, 7) is 10.6. The van der Waals surface area contributed by atoms with Crippen LogP contribution in [0.3, 0.4) is 0 Å². The minimum Gasteiger partial charge on any atom is -0.496 e. The van der Waals surface area contributed by atoms with Gasteiger partial charge in [-0.1, -0.05) is 23.1 Å². The van der Waals surface area contributed by atoms with Crippen LogP contribution in [-0.4, -0.2) is 107 Å². The zero-order valence-electron chi connectivity index (χ0n) is 25.9. The number of carbonyl (C=O) groups is 3. The van der Waals surface area contributed by atoms with Crippen molar-refractivity contribution >= 4 is 57.6 Å². The molecule has 2 aromatic heterocycles. The molecule has 5 rings (SSSR count). The Hall–Kier alpha value is -3.91. The van der Waals surface area contributed by atoms with Gasteiger partial charge in [0.15, 0.2) is 5.13 Å². The number of methoxy groups -OCH3 is 1. The Morgan fingerprint density at radius 3 is 2.45 bits per heavy atom. The minimum absolute atomic E-state index is 0.0244. The number of nitrogens with one attached hydrogen (secondary N) is 1. The summed E-state index contributed by atoms with van der Waals surface area (Å²) in [5, 5.41) is 4.02. The number of rotatable bonds is 8. The Morgan fingerprint density at radius 1 is 1.05 bits per heavy atom. The van der Waals surface area contributed by atoms with E-state index in [2.05, 4.69) is 25.2 Å². The third-order valence-corrected chi connectivity index (χ3v) is 10.2. The third kappa shape index (κ3) is 7.07. The topological polar surface area (TPSA) is 124 Å². The predicted molar refractivity (Wildman–Crippen MR) is 171 cm³/mol. The van der Waals surface area contributed by atoms with Crippen LogP contribution in [0.5, 0.6) is 5.75 Å². The van der Waals surface area contributed by atoms with Gasteiger partial charge in [-0.25, -0.2) is 15.0 Å². The Morgan fingerprint density at radius 2 is 1.77 bits per heavy atom. The SMILES string of the molecule is COc1cc(C)c(Sc2cnc(Nc3cc(N4CCC(N(C)C(C)=O)C4)nc(C)n3)s2)cc1C(=O)N1CCN(C(C)=O)CC1. The van der Waals surface area contributed by atoms with Gasteiger partial charge >= 0.3 is 0 Å². The summed E-state index contributed by atoms with van der Waals surface area (Å²) < 4.78 is 6.54. The molecule has 3 aromatic rings. The first kappa shape index (κ1) is 31.5. The molecule has 44 heavy (non-hydrogen) atoms. The molecular weight excluding hydrogens is 601 g/mol. The van der Waals surface area contributed by atoms with Gasteiger partial charge in [-0.3, -0.25) is 14.4 Å². The number of anilines is 3. The van der Waals surface area contributed by atoms with Crippen LogP contribution in [0.1, 0.15) is 42.0 Å². The number of aromatic nitrogens is 3. The van der Waals surface area contributed by atoms with Crippen molar-refractivity contribution in [2.45, 2.75) is 49.3 Å². The number of aryl methyl sites for hydroxylation is 2. The second-order valence-electron chi connectivity index (χ2n) is 11.0. The monoisotopic (exact) mass is 638 g/mol. The van der Waals surface area contributed by atoms with Crippen LogP contribution in [0.2, 0.25) is 0 Å². The molecule has 1 N–H and O–H groups in total. The number of benzene rings is 1. The van der Waals surface area contributed by atoms with Crippen molar-refractivity contribution in [3.05, 3.63) is 41.3 Å². The van der Waals surface area contributed by atoms with Gasteiger partial charge in [-0.2, -0.15) is 0 Å². The number of amides is 3. The zero-order valence-corrected chi connectivity index (χ0v) is 27.5. The summed E-state index contributed by atoms with van der Waals surface area (Å²) in [6, 6.07) is 5.85. The van der Waals surface area contributed by atoms with E-state index < -0.39 is 0 Å². The van der Waals surface area contributed by atoms with Gasteiger partial charge in [0.25, 0.3) is 5.91 Å². The standard InChI is InChI=1S/C30H38N8O4S2/c1-18-13-24(42-6)23(29(41)37-11-9-36(10-12-37)21(4)40)14-25(18)43-28-16-31-30(44-28)34-26-15-27(33-19(2)32-26)38-8-7-22(17-38)35(5)20(3)39/h13-16,22H,7-12,17H2,1-6H3,(H,31,32,33,34). The van der Waals surface area contributed by atoms with Crippen molar-refractivity contribution < 1.29 is 19.1 Å². The predicted octanol–water partition coefficient (Wildman–Crippen LogP) is 3.81. The molecule has 1 aromatic carbocycles. The first-order valence-corrected chi connectivity index (χ1v) is 16.1. The quantitative estimate of drug-likeness (QED) is 0.390. The van der Waals surface area contributed by atoms with Gasteiger partial charge in [-0.05, 0) is 38.0 Å². The summed E-state index contributed by atoms with van der Waals surface area (Å²) >= 11 is 3.04. The largest absolute Gasteiger partial charge is 0.496 e. The highest BCUT2D eigenvalue weighted by Crippen LogP contribution is 2.39. The van der Waals surface area contributed by atoms with Crippen LogP contribution < -0.4 is 15.0 Å². The molecule has 234 valence electrons. The van der Waals surface area contributed by atoms with Crippen molar-refractivity contribution in [2.75, 3.05) is 63.6 Å². The lowest BCUT2D eigenvalue weighted by Crippen LogP contribution is -2.50. The number of hydrogen-bond donors (Lipinski definition) is 1. The van der Waals surface area contributed by atoms with Crippen molar-refractivity contribution in [3.63, 3.8) is 0 Å². The summed E-state index contributed by atoms with van der Waals surface area (Å²) in [7, 11) is 3.41. The lowest BCUT2D eigenvalue weighted by atomic mass is 10.1. The average molecular weight is 639 g/mol. The number of piperazine rings is 1. The molecule has 0 radical (unpaired) electrons. The highest BCUT2D eigenvalue weighted by atomic mass is 32.2. The molecule has 4 heterocycles. The second kappa shape index (κ2) is 13.4. The Balaban J connectivity index is 1.28. The number of ether oxygens (including phenoxy) is 1. The van der Waals surface area contributed by atoms with E-state index in [1.165, 1.54) is 11.3 Å².